The lowest BCUT2D eigenvalue weighted by molar-refractivity contribution is -0.127. The van der Waals surface area contributed by atoms with Crippen LogP contribution in [-0.4, -0.2) is 76.4 Å². The highest BCUT2D eigenvalue weighted by molar-refractivity contribution is 5.78. The second-order valence-electron chi connectivity index (χ2n) is 6.80. The van der Waals surface area contributed by atoms with Gasteiger partial charge in [0.25, 0.3) is 0 Å². The molecular weight excluding hydrogens is 302 g/mol. The molecule has 0 spiro atoms. The predicted octanol–water partition coefficient (Wildman–Crippen LogP) is 1.30. The molecule has 0 radical (unpaired) electrons. The van der Waals surface area contributed by atoms with Crippen LogP contribution >= 0.6 is 0 Å². The fourth-order valence-corrected chi connectivity index (χ4v) is 3.67. The van der Waals surface area contributed by atoms with Crippen molar-refractivity contribution in [3.05, 3.63) is 30.1 Å². The summed E-state index contributed by atoms with van der Waals surface area (Å²) >= 11 is 0. The van der Waals surface area contributed by atoms with Gasteiger partial charge in [-0.15, -0.1) is 0 Å². The van der Waals surface area contributed by atoms with Gasteiger partial charge < -0.3 is 9.88 Å². The summed E-state index contributed by atoms with van der Waals surface area (Å²) in [5.41, 5.74) is 2.16. The van der Waals surface area contributed by atoms with Gasteiger partial charge in [0.1, 0.15) is 5.82 Å². The maximum atomic E-state index is 11.7. The van der Waals surface area contributed by atoms with Gasteiger partial charge in [0.05, 0.1) is 17.6 Å². The van der Waals surface area contributed by atoms with E-state index in [1.54, 1.807) is 0 Å². The summed E-state index contributed by atoms with van der Waals surface area (Å²) in [6.45, 7) is 7.99. The Morgan fingerprint density at radius 2 is 1.79 bits per heavy atom. The van der Waals surface area contributed by atoms with Gasteiger partial charge in [0.2, 0.25) is 5.91 Å². The average Bonchev–Trinajstić information content (AvgIpc) is 3.19. The number of hydrogen-bond acceptors (Lipinski definition) is 4. The van der Waals surface area contributed by atoms with Crippen molar-refractivity contribution in [2.45, 2.75) is 19.4 Å². The van der Waals surface area contributed by atoms with Crippen molar-refractivity contribution in [3.63, 3.8) is 0 Å². The van der Waals surface area contributed by atoms with Crippen molar-refractivity contribution >= 4 is 16.9 Å². The van der Waals surface area contributed by atoms with E-state index in [1.807, 2.05) is 23.1 Å². The van der Waals surface area contributed by atoms with Crippen LogP contribution in [0.4, 0.5) is 0 Å². The number of para-hydroxylation sites is 2. The minimum absolute atomic E-state index is 0.332. The fraction of sp³-hybridized carbons (Fsp3) is 0.556. The summed E-state index contributed by atoms with van der Waals surface area (Å²) in [4.78, 5) is 26.7. The first kappa shape index (κ1) is 15.6. The molecule has 4 rings (SSSR count). The number of imidazole rings is 1. The van der Waals surface area contributed by atoms with Crippen LogP contribution in [0.2, 0.25) is 0 Å². The third-order valence-corrected chi connectivity index (χ3v) is 5.13. The van der Waals surface area contributed by atoms with Gasteiger partial charge in [-0.05, 0) is 18.6 Å². The van der Waals surface area contributed by atoms with E-state index >= 15 is 0 Å². The predicted molar refractivity (Wildman–Crippen MR) is 93.6 cm³/mol. The molecule has 6 nitrogen and oxygen atoms in total. The van der Waals surface area contributed by atoms with Crippen molar-refractivity contribution in [2.24, 2.45) is 0 Å². The number of H-pyrrole nitrogens is 1. The van der Waals surface area contributed by atoms with Gasteiger partial charge >= 0.3 is 0 Å². The van der Waals surface area contributed by atoms with Crippen LogP contribution in [0.15, 0.2) is 24.3 Å². The molecule has 0 unspecified atom stereocenters. The van der Waals surface area contributed by atoms with Crippen molar-refractivity contribution in [3.8, 4) is 0 Å². The zero-order chi connectivity index (χ0) is 16.4. The van der Waals surface area contributed by atoms with Crippen molar-refractivity contribution in [2.75, 3.05) is 45.8 Å². The summed E-state index contributed by atoms with van der Waals surface area (Å²) < 4.78 is 0. The first-order valence-electron chi connectivity index (χ1n) is 8.94. The van der Waals surface area contributed by atoms with Crippen LogP contribution in [0.25, 0.3) is 11.0 Å². The van der Waals surface area contributed by atoms with E-state index in [-0.39, 0.29) is 0 Å². The molecule has 1 aromatic heterocycles. The van der Waals surface area contributed by atoms with Gasteiger partial charge in [-0.3, -0.25) is 14.6 Å². The summed E-state index contributed by atoms with van der Waals surface area (Å²) in [6.07, 6.45) is 1.77. The van der Waals surface area contributed by atoms with E-state index in [4.69, 9.17) is 0 Å². The minimum Gasteiger partial charge on any atom is -0.341 e. The Bertz CT molecular complexity index is 671. The number of rotatable bonds is 5. The van der Waals surface area contributed by atoms with Gasteiger partial charge in [-0.25, -0.2) is 4.98 Å². The summed E-state index contributed by atoms with van der Waals surface area (Å²) in [7, 11) is 0. The molecular formula is C18H25N5O. The van der Waals surface area contributed by atoms with Crippen molar-refractivity contribution in [1.29, 1.82) is 0 Å². The highest BCUT2D eigenvalue weighted by atomic mass is 16.2. The number of carbonyl (C=O) groups is 1. The molecule has 0 bridgehead atoms. The Morgan fingerprint density at radius 1 is 1.00 bits per heavy atom. The number of amides is 1. The molecule has 2 saturated heterocycles. The lowest BCUT2D eigenvalue weighted by atomic mass is 10.3. The largest absolute Gasteiger partial charge is 0.341 e. The van der Waals surface area contributed by atoms with E-state index in [2.05, 4.69) is 25.8 Å². The Labute approximate surface area is 142 Å². The number of nitrogens with zero attached hydrogens (tertiary/aromatic N) is 4. The number of aromatic amines is 1. The number of piperazine rings is 1. The second kappa shape index (κ2) is 6.91. The number of aromatic nitrogens is 2. The van der Waals surface area contributed by atoms with Gasteiger partial charge in [0, 0.05) is 52.2 Å². The van der Waals surface area contributed by atoms with Crippen LogP contribution in [0, 0.1) is 0 Å². The SMILES string of the molecule is O=C1CCCN1CCN1CCN(Cc2nc3ccccc3[nH]2)CC1. The van der Waals surface area contributed by atoms with Crippen LogP contribution in [0.1, 0.15) is 18.7 Å². The minimum atomic E-state index is 0.332. The van der Waals surface area contributed by atoms with E-state index in [9.17, 15) is 4.79 Å². The molecule has 0 saturated carbocycles. The van der Waals surface area contributed by atoms with Crippen molar-refractivity contribution < 1.29 is 4.79 Å². The molecule has 1 aromatic carbocycles. The number of benzene rings is 1. The first-order valence-corrected chi connectivity index (χ1v) is 8.94. The number of likely N-dealkylation sites (tertiary alicyclic amines) is 1. The maximum absolute atomic E-state index is 11.7. The van der Waals surface area contributed by atoms with Gasteiger partial charge in [0.15, 0.2) is 0 Å². The van der Waals surface area contributed by atoms with Crippen LogP contribution in [0.3, 0.4) is 0 Å². The highest BCUT2D eigenvalue weighted by Gasteiger charge is 2.22. The Balaban J connectivity index is 1.24. The number of carbonyl (C=O) groups excluding carboxylic acids is 1. The van der Waals surface area contributed by atoms with Crippen LogP contribution < -0.4 is 0 Å². The molecule has 1 N–H and O–H groups in total. The summed E-state index contributed by atoms with van der Waals surface area (Å²) in [6, 6.07) is 8.18. The number of fused-ring (bicyclic) bond motifs is 1. The molecule has 24 heavy (non-hydrogen) atoms. The zero-order valence-corrected chi connectivity index (χ0v) is 14.1. The molecule has 2 fully saturated rings. The lowest BCUT2D eigenvalue weighted by Crippen LogP contribution is -2.48. The van der Waals surface area contributed by atoms with E-state index < -0.39 is 0 Å². The van der Waals surface area contributed by atoms with E-state index in [1.165, 1.54) is 0 Å². The normalized spacial score (nSPS) is 20.3. The molecule has 6 heteroatoms. The Morgan fingerprint density at radius 3 is 2.54 bits per heavy atom. The van der Waals surface area contributed by atoms with E-state index in [0.717, 1.165) is 82.1 Å². The summed E-state index contributed by atoms with van der Waals surface area (Å²) in [5, 5.41) is 0. The first-order chi connectivity index (χ1) is 11.8. The molecule has 3 heterocycles. The molecule has 2 aliphatic rings. The van der Waals surface area contributed by atoms with E-state index in [0.29, 0.717) is 5.91 Å². The topological polar surface area (TPSA) is 55.5 Å². The Kier molecular flexibility index (Phi) is 4.49. The van der Waals surface area contributed by atoms with Crippen LogP contribution in [-0.2, 0) is 11.3 Å². The van der Waals surface area contributed by atoms with Crippen LogP contribution in [0.5, 0.6) is 0 Å². The Hall–Kier alpha value is -1.92. The standard InChI is InChI=1S/C18H25N5O/c24-18-6-3-7-23(18)13-12-21-8-10-22(11-9-21)14-17-19-15-4-1-2-5-16(15)20-17/h1-2,4-5H,3,6-14H2,(H,19,20). The molecule has 0 atom stereocenters. The van der Waals surface area contributed by atoms with Gasteiger partial charge in [-0.1, -0.05) is 12.1 Å². The molecule has 128 valence electrons. The highest BCUT2D eigenvalue weighted by Crippen LogP contribution is 2.13. The number of nitrogens with one attached hydrogen (secondary N) is 1. The maximum Gasteiger partial charge on any atom is 0.222 e. The third kappa shape index (κ3) is 3.44. The monoisotopic (exact) mass is 327 g/mol. The smallest absolute Gasteiger partial charge is 0.222 e. The quantitative estimate of drug-likeness (QED) is 0.899. The molecule has 1 amide bonds. The molecule has 2 aromatic rings. The summed E-state index contributed by atoms with van der Waals surface area (Å²) in [5.74, 6) is 1.38. The second-order valence-corrected chi connectivity index (χ2v) is 6.80. The molecule has 2 aliphatic heterocycles. The third-order valence-electron chi connectivity index (χ3n) is 5.13. The van der Waals surface area contributed by atoms with Crippen molar-refractivity contribution in [1.82, 2.24) is 24.7 Å². The fourth-order valence-electron chi connectivity index (χ4n) is 3.67. The lowest BCUT2D eigenvalue weighted by Gasteiger charge is -2.35. The zero-order valence-electron chi connectivity index (χ0n) is 14.1. The number of hydrogen-bond donors (Lipinski definition) is 1. The van der Waals surface area contributed by atoms with Gasteiger partial charge in [-0.2, -0.15) is 0 Å². The average molecular weight is 327 g/mol. The molecule has 0 aliphatic carbocycles.